The molecule has 2 amide bonds. The number of amides is 2. The van der Waals surface area contributed by atoms with Gasteiger partial charge in [-0.1, -0.05) is 48.0 Å². The largest absolute Gasteiger partial charge is 0.436 e. The second-order valence-corrected chi connectivity index (χ2v) is 12.1. The molecule has 5 rings (SSSR count). The lowest BCUT2D eigenvalue weighted by atomic mass is 10.0. The van der Waals surface area contributed by atoms with Crippen molar-refractivity contribution >= 4 is 29.3 Å². The summed E-state index contributed by atoms with van der Waals surface area (Å²) in [6, 6.07) is 13.3. The van der Waals surface area contributed by atoms with Gasteiger partial charge in [0.2, 0.25) is 0 Å². The van der Waals surface area contributed by atoms with Gasteiger partial charge in [-0.25, -0.2) is 14.3 Å². The fraction of sp³-hybridized carbons (Fsp3) is 0.484. The van der Waals surface area contributed by atoms with Crippen molar-refractivity contribution in [3.05, 3.63) is 69.1 Å². The number of nitrogen functional groups attached to an aromatic ring is 1. The van der Waals surface area contributed by atoms with Crippen LogP contribution in [0.3, 0.4) is 0 Å². The summed E-state index contributed by atoms with van der Waals surface area (Å²) in [6.45, 7) is 3.83. The smallest absolute Gasteiger partial charge is 0.410 e. The van der Waals surface area contributed by atoms with E-state index < -0.39 is 12.2 Å². The van der Waals surface area contributed by atoms with E-state index in [9.17, 15) is 14.4 Å². The molecule has 0 bridgehead atoms. The van der Waals surface area contributed by atoms with Gasteiger partial charge in [0.15, 0.2) is 11.9 Å². The summed E-state index contributed by atoms with van der Waals surface area (Å²) in [6.07, 6.45) is 1.45. The Morgan fingerprint density at radius 3 is 2.35 bits per heavy atom. The van der Waals surface area contributed by atoms with E-state index in [4.69, 9.17) is 22.1 Å². The number of aromatic amines is 1. The van der Waals surface area contributed by atoms with Crippen molar-refractivity contribution < 1.29 is 14.3 Å². The number of nitrogens with one attached hydrogen (secondary N) is 1. The van der Waals surface area contributed by atoms with Gasteiger partial charge in [0.25, 0.3) is 5.91 Å². The molecule has 2 saturated heterocycles. The standard InChI is InChI=1S/C31H40ClN7O4/c1-20-17-21(18-25(32)27(20)33)19-26(29(40)37-13-9-23(10-14-37)36(2)3)43-31(42)38-15-11-24(12-16-38)39-30(41)34-28(35-39)22-7-5-4-6-8-22/h4-8,17-18,23-24,26H,9-16,19,33H2,1-3H3,(H,34,35,41)/t26-/m1/s1. The first-order valence-corrected chi connectivity index (χ1v) is 15.2. The van der Waals surface area contributed by atoms with Crippen molar-refractivity contribution in [2.75, 3.05) is 46.0 Å². The van der Waals surface area contributed by atoms with Crippen LogP contribution in [0.5, 0.6) is 0 Å². The molecule has 1 atom stereocenters. The molecule has 3 heterocycles. The molecule has 0 spiro atoms. The number of nitrogens with two attached hydrogens (primary N) is 1. The van der Waals surface area contributed by atoms with Gasteiger partial charge in [0.1, 0.15) is 0 Å². The van der Waals surface area contributed by atoms with Crippen LogP contribution < -0.4 is 11.4 Å². The third-order valence-corrected chi connectivity index (χ3v) is 8.91. The Bertz CT molecular complexity index is 1470. The molecule has 2 aliphatic rings. The van der Waals surface area contributed by atoms with E-state index in [-0.39, 0.29) is 24.1 Å². The highest BCUT2D eigenvalue weighted by Crippen LogP contribution is 2.27. The number of anilines is 1. The molecule has 12 heteroatoms. The SMILES string of the molecule is Cc1cc(C[C@@H](OC(=O)N2CCC(n3nc(-c4ccccc4)[nH]c3=O)CC2)C(=O)N2CCC(N(C)C)CC2)cc(Cl)c1N. The molecule has 2 aromatic carbocycles. The Morgan fingerprint density at radius 2 is 1.72 bits per heavy atom. The number of ether oxygens (including phenoxy) is 1. The van der Waals surface area contributed by atoms with E-state index in [0.717, 1.165) is 29.5 Å². The highest BCUT2D eigenvalue weighted by molar-refractivity contribution is 6.33. The fourth-order valence-electron chi connectivity index (χ4n) is 5.94. The maximum Gasteiger partial charge on any atom is 0.410 e. The first-order chi connectivity index (χ1) is 20.6. The highest BCUT2D eigenvalue weighted by atomic mass is 35.5. The van der Waals surface area contributed by atoms with Gasteiger partial charge in [0.05, 0.1) is 16.8 Å². The van der Waals surface area contributed by atoms with Gasteiger partial charge in [-0.2, -0.15) is 0 Å². The van der Waals surface area contributed by atoms with Gasteiger partial charge in [-0.3, -0.25) is 9.78 Å². The minimum absolute atomic E-state index is 0.152. The van der Waals surface area contributed by atoms with Crippen molar-refractivity contribution in [1.29, 1.82) is 0 Å². The number of hydrogen-bond acceptors (Lipinski definition) is 7. The monoisotopic (exact) mass is 609 g/mol. The molecule has 0 saturated carbocycles. The lowest BCUT2D eigenvalue weighted by Gasteiger charge is -2.37. The van der Waals surface area contributed by atoms with Crippen molar-refractivity contribution in [3.63, 3.8) is 0 Å². The van der Waals surface area contributed by atoms with Gasteiger partial charge >= 0.3 is 11.8 Å². The summed E-state index contributed by atoms with van der Waals surface area (Å²) >= 11 is 6.34. The van der Waals surface area contributed by atoms with Crippen LogP contribution in [0.1, 0.15) is 42.9 Å². The number of H-pyrrole nitrogens is 1. The molecule has 43 heavy (non-hydrogen) atoms. The van der Waals surface area contributed by atoms with Crippen LogP contribution in [-0.4, -0.2) is 93.9 Å². The van der Waals surface area contributed by atoms with E-state index in [1.54, 1.807) is 15.9 Å². The van der Waals surface area contributed by atoms with Crippen molar-refractivity contribution in [2.45, 2.75) is 57.2 Å². The molecule has 0 unspecified atom stereocenters. The van der Waals surface area contributed by atoms with Crippen molar-refractivity contribution in [3.8, 4) is 11.4 Å². The Morgan fingerprint density at radius 1 is 1.07 bits per heavy atom. The Balaban J connectivity index is 1.26. The summed E-state index contributed by atoms with van der Waals surface area (Å²) in [4.78, 5) is 48.2. The average Bonchev–Trinajstić information content (AvgIpc) is 3.41. The van der Waals surface area contributed by atoms with Crippen molar-refractivity contribution in [1.82, 2.24) is 29.5 Å². The minimum atomic E-state index is -0.998. The van der Waals surface area contributed by atoms with Gasteiger partial charge in [-0.15, -0.1) is 5.10 Å². The van der Waals surface area contributed by atoms with Crippen LogP contribution in [0.15, 0.2) is 47.3 Å². The molecule has 3 N–H and O–H groups in total. The van der Waals surface area contributed by atoms with Crippen molar-refractivity contribution in [2.24, 2.45) is 0 Å². The predicted molar refractivity (Wildman–Crippen MR) is 166 cm³/mol. The number of hydrogen-bond donors (Lipinski definition) is 2. The number of benzene rings is 2. The van der Waals surface area contributed by atoms with Gasteiger partial charge in [0, 0.05) is 44.2 Å². The van der Waals surface area contributed by atoms with E-state index in [1.165, 1.54) is 4.68 Å². The molecule has 11 nitrogen and oxygen atoms in total. The second kappa shape index (κ2) is 13.2. The molecule has 230 valence electrons. The topological polar surface area (TPSA) is 130 Å². The van der Waals surface area contributed by atoms with E-state index in [1.807, 2.05) is 57.4 Å². The number of aryl methyl sites for hydroxylation is 1. The molecule has 2 aliphatic heterocycles. The number of carbonyl (C=O) groups is 2. The molecule has 0 aliphatic carbocycles. The first kappa shape index (κ1) is 30.6. The Hall–Kier alpha value is -3.83. The maximum atomic E-state index is 13.7. The molecular weight excluding hydrogens is 570 g/mol. The highest BCUT2D eigenvalue weighted by Gasteiger charge is 2.34. The normalized spacial score (nSPS) is 17.3. The average molecular weight is 610 g/mol. The summed E-state index contributed by atoms with van der Waals surface area (Å²) in [5.74, 6) is 0.309. The number of carbonyl (C=O) groups excluding carboxylic acids is 2. The number of halogens is 1. The second-order valence-electron chi connectivity index (χ2n) is 11.7. The third kappa shape index (κ3) is 7.05. The molecule has 2 fully saturated rings. The number of rotatable bonds is 7. The molecule has 0 radical (unpaired) electrons. The lowest BCUT2D eigenvalue weighted by Crippen LogP contribution is -2.50. The summed E-state index contributed by atoms with van der Waals surface area (Å²) in [5.41, 5.74) is 8.66. The Kier molecular flexibility index (Phi) is 9.41. The van der Waals surface area contributed by atoms with Gasteiger partial charge in [-0.05, 0) is 63.9 Å². The van der Waals surface area contributed by atoms with E-state index >= 15 is 0 Å². The molecular formula is C31H40ClN7O4. The predicted octanol–water partition coefficient (Wildman–Crippen LogP) is 3.72. The van der Waals surface area contributed by atoms with Crippen LogP contribution in [0, 0.1) is 6.92 Å². The third-order valence-electron chi connectivity index (χ3n) is 8.60. The summed E-state index contributed by atoms with van der Waals surface area (Å²) in [5, 5.41) is 4.93. The maximum absolute atomic E-state index is 13.7. The molecule has 3 aromatic rings. The van der Waals surface area contributed by atoms with Crippen LogP contribution >= 0.6 is 11.6 Å². The van der Waals surface area contributed by atoms with E-state index in [2.05, 4.69) is 15.0 Å². The van der Waals surface area contributed by atoms with E-state index in [0.29, 0.717) is 61.6 Å². The fourth-order valence-corrected chi connectivity index (χ4v) is 6.23. The zero-order valence-corrected chi connectivity index (χ0v) is 25.7. The number of nitrogens with zero attached hydrogens (tertiary/aromatic N) is 5. The number of piperidine rings is 2. The van der Waals surface area contributed by atoms with Crippen LogP contribution in [0.2, 0.25) is 5.02 Å². The van der Waals surface area contributed by atoms with Crippen LogP contribution in [0.25, 0.3) is 11.4 Å². The number of aromatic nitrogens is 3. The van der Waals surface area contributed by atoms with Crippen LogP contribution in [-0.2, 0) is 16.0 Å². The van der Waals surface area contributed by atoms with Gasteiger partial charge < -0.3 is 25.2 Å². The quantitative estimate of drug-likeness (QED) is 0.391. The summed E-state index contributed by atoms with van der Waals surface area (Å²) < 4.78 is 7.41. The lowest BCUT2D eigenvalue weighted by molar-refractivity contribution is -0.142. The van der Waals surface area contributed by atoms with Crippen LogP contribution in [0.4, 0.5) is 10.5 Å². The Labute approximate surface area is 256 Å². The summed E-state index contributed by atoms with van der Waals surface area (Å²) in [7, 11) is 4.10. The number of likely N-dealkylation sites (tertiary alicyclic amines) is 2. The first-order valence-electron chi connectivity index (χ1n) is 14.8. The molecule has 1 aromatic heterocycles. The zero-order chi connectivity index (χ0) is 30.7. The minimum Gasteiger partial charge on any atom is -0.436 e. The zero-order valence-electron chi connectivity index (χ0n) is 25.0.